The summed E-state index contributed by atoms with van der Waals surface area (Å²) in [5, 5.41) is 2.97. The number of hydrogen-bond donors (Lipinski definition) is 1. The SMILES string of the molecule is C#CCOc1cc(NC)nc(C(C)(C)C)n1. The maximum Gasteiger partial charge on any atom is 0.219 e. The van der Waals surface area contributed by atoms with Crippen molar-refractivity contribution < 1.29 is 4.74 Å². The zero-order valence-corrected chi connectivity index (χ0v) is 10.2. The summed E-state index contributed by atoms with van der Waals surface area (Å²) in [6, 6.07) is 1.73. The molecular weight excluding hydrogens is 202 g/mol. The lowest BCUT2D eigenvalue weighted by atomic mass is 9.96. The molecule has 0 amide bonds. The fraction of sp³-hybridized carbons (Fsp3) is 0.500. The van der Waals surface area contributed by atoms with Gasteiger partial charge in [0.2, 0.25) is 5.88 Å². The summed E-state index contributed by atoms with van der Waals surface area (Å²) in [4.78, 5) is 8.70. The van der Waals surface area contributed by atoms with Gasteiger partial charge in [0.1, 0.15) is 11.6 Å². The van der Waals surface area contributed by atoms with Crippen LogP contribution in [0.5, 0.6) is 5.88 Å². The van der Waals surface area contributed by atoms with Gasteiger partial charge in [0.15, 0.2) is 6.61 Å². The van der Waals surface area contributed by atoms with E-state index in [0.717, 1.165) is 11.6 Å². The van der Waals surface area contributed by atoms with E-state index in [1.165, 1.54) is 0 Å². The fourth-order valence-electron chi connectivity index (χ4n) is 1.08. The van der Waals surface area contributed by atoms with Crippen molar-refractivity contribution in [2.24, 2.45) is 0 Å². The van der Waals surface area contributed by atoms with Gasteiger partial charge in [0, 0.05) is 18.5 Å². The van der Waals surface area contributed by atoms with Gasteiger partial charge in [-0.3, -0.25) is 0 Å². The summed E-state index contributed by atoms with van der Waals surface area (Å²) in [6.45, 7) is 6.36. The van der Waals surface area contributed by atoms with Crippen LogP contribution in [-0.4, -0.2) is 23.6 Å². The number of aromatic nitrogens is 2. The molecule has 0 atom stereocenters. The summed E-state index contributed by atoms with van der Waals surface area (Å²) < 4.78 is 5.31. The second-order valence-corrected chi connectivity index (χ2v) is 4.41. The standard InChI is InChI=1S/C12H17N3O/c1-6-7-16-10-8-9(13-5)14-11(15-10)12(2,3)4/h1,8H,7H2,2-5H3,(H,13,14,15). The predicted octanol–water partition coefficient (Wildman–Crippen LogP) is 1.83. The van der Waals surface area contributed by atoms with Crippen LogP contribution >= 0.6 is 0 Å². The monoisotopic (exact) mass is 219 g/mol. The quantitative estimate of drug-likeness (QED) is 0.788. The van der Waals surface area contributed by atoms with Crippen LogP contribution in [0.4, 0.5) is 5.82 Å². The second-order valence-electron chi connectivity index (χ2n) is 4.41. The van der Waals surface area contributed by atoms with Crippen LogP contribution in [0.25, 0.3) is 0 Å². The largest absolute Gasteiger partial charge is 0.464 e. The molecule has 1 N–H and O–H groups in total. The highest BCUT2D eigenvalue weighted by Gasteiger charge is 2.19. The molecule has 16 heavy (non-hydrogen) atoms. The first-order valence-corrected chi connectivity index (χ1v) is 5.11. The Balaban J connectivity index is 3.07. The normalized spacial score (nSPS) is 10.7. The maximum absolute atomic E-state index is 5.31. The van der Waals surface area contributed by atoms with Crippen LogP contribution in [0.15, 0.2) is 6.07 Å². The molecule has 0 saturated heterocycles. The highest BCUT2D eigenvalue weighted by molar-refractivity contribution is 5.38. The van der Waals surface area contributed by atoms with E-state index in [2.05, 4.69) is 21.2 Å². The van der Waals surface area contributed by atoms with Gasteiger partial charge in [-0.15, -0.1) is 6.42 Å². The molecule has 4 nitrogen and oxygen atoms in total. The van der Waals surface area contributed by atoms with Crippen molar-refractivity contribution in [3.05, 3.63) is 11.9 Å². The van der Waals surface area contributed by atoms with Crippen LogP contribution in [0.2, 0.25) is 0 Å². The molecule has 1 rings (SSSR count). The molecule has 1 heterocycles. The minimum Gasteiger partial charge on any atom is -0.464 e. The number of nitrogens with zero attached hydrogens (tertiary/aromatic N) is 2. The Morgan fingerprint density at radius 1 is 1.44 bits per heavy atom. The number of nitrogens with one attached hydrogen (secondary N) is 1. The summed E-state index contributed by atoms with van der Waals surface area (Å²) in [5.41, 5.74) is -0.124. The first-order valence-electron chi connectivity index (χ1n) is 5.11. The van der Waals surface area contributed by atoms with E-state index >= 15 is 0 Å². The van der Waals surface area contributed by atoms with Gasteiger partial charge < -0.3 is 10.1 Å². The van der Waals surface area contributed by atoms with Crippen molar-refractivity contribution in [1.82, 2.24) is 9.97 Å². The third kappa shape index (κ3) is 3.13. The summed E-state index contributed by atoms with van der Waals surface area (Å²) in [5.74, 6) is 4.37. The number of ether oxygens (including phenoxy) is 1. The lowest BCUT2D eigenvalue weighted by molar-refractivity contribution is 0.349. The summed E-state index contributed by atoms with van der Waals surface area (Å²) >= 11 is 0. The molecule has 0 aliphatic heterocycles. The highest BCUT2D eigenvalue weighted by atomic mass is 16.5. The van der Waals surface area contributed by atoms with E-state index in [-0.39, 0.29) is 12.0 Å². The van der Waals surface area contributed by atoms with Crippen LogP contribution in [0.1, 0.15) is 26.6 Å². The Morgan fingerprint density at radius 2 is 2.12 bits per heavy atom. The molecule has 0 spiro atoms. The van der Waals surface area contributed by atoms with Crippen molar-refractivity contribution in [2.45, 2.75) is 26.2 Å². The Kier molecular flexibility index (Phi) is 3.73. The lowest BCUT2D eigenvalue weighted by Crippen LogP contribution is -2.17. The van der Waals surface area contributed by atoms with E-state index in [4.69, 9.17) is 11.2 Å². The average molecular weight is 219 g/mol. The van der Waals surface area contributed by atoms with Gasteiger partial charge in [0.25, 0.3) is 0 Å². The smallest absolute Gasteiger partial charge is 0.219 e. The van der Waals surface area contributed by atoms with Crippen molar-refractivity contribution in [3.8, 4) is 18.2 Å². The van der Waals surface area contributed by atoms with Gasteiger partial charge >= 0.3 is 0 Å². The van der Waals surface area contributed by atoms with Crippen LogP contribution < -0.4 is 10.1 Å². The highest BCUT2D eigenvalue weighted by Crippen LogP contribution is 2.22. The van der Waals surface area contributed by atoms with Gasteiger partial charge in [-0.05, 0) is 0 Å². The molecule has 0 radical (unpaired) electrons. The van der Waals surface area contributed by atoms with Crippen LogP contribution in [0, 0.1) is 12.3 Å². The average Bonchev–Trinajstić information content (AvgIpc) is 2.24. The molecule has 1 aromatic heterocycles. The molecule has 86 valence electrons. The summed E-state index contributed by atoms with van der Waals surface area (Å²) in [6.07, 6.45) is 5.14. The van der Waals surface area contributed by atoms with Gasteiger partial charge in [-0.1, -0.05) is 26.7 Å². The number of anilines is 1. The molecule has 1 aromatic rings. The topological polar surface area (TPSA) is 47.0 Å². The van der Waals surface area contributed by atoms with E-state index in [0.29, 0.717) is 5.88 Å². The zero-order valence-electron chi connectivity index (χ0n) is 10.2. The van der Waals surface area contributed by atoms with E-state index < -0.39 is 0 Å². The molecule has 0 saturated carbocycles. The number of terminal acetylenes is 1. The third-order valence-corrected chi connectivity index (χ3v) is 1.93. The van der Waals surface area contributed by atoms with Crippen molar-refractivity contribution in [1.29, 1.82) is 0 Å². The molecule has 4 heteroatoms. The first-order chi connectivity index (χ1) is 7.47. The second kappa shape index (κ2) is 4.84. The Bertz CT molecular complexity index is 402. The number of rotatable bonds is 3. The van der Waals surface area contributed by atoms with E-state index in [9.17, 15) is 0 Å². The molecule has 0 aliphatic rings. The van der Waals surface area contributed by atoms with Gasteiger partial charge in [0.05, 0.1) is 0 Å². The zero-order chi connectivity index (χ0) is 12.2. The van der Waals surface area contributed by atoms with Gasteiger partial charge in [-0.25, -0.2) is 4.98 Å². The van der Waals surface area contributed by atoms with Crippen molar-refractivity contribution in [2.75, 3.05) is 19.0 Å². The lowest BCUT2D eigenvalue weighted by Gasteiger charge is -2.18. The predicted molar refractivity (Wildman–Crippen MR) is 64.6 cm³/mol. The molecule has 0 fully saturated rings. The van der Waals surface area contributed by atoms with E-state index in [1.807, 2.05) is 20.8 Å². The Hall–Kier alpha value is -1.76. The Morgan fingerprint density at radius 3 is 2.62 bits per heavy atom. The van der Waals surface area contributed by atoms with Crippen LogP contribution in [0.3, 0.4) is 0 Å². The van der Waals surface area contributed by atoms with Crippen LogP contribution in [-0.2, 0) is 5.41 Å². The first kappa shape index (κ1) is 12.3. The van der Waals surface area contributed by atoms with Gasteiger partial charge in [-0.2, -0.15) is 4.98 Å². The number of hydrogen-bond acceptors (Lipinski definition) is 4. The Labute approximate surface area is 96.5 Å². The minimum absolute atomic E-state index is 0.124. The molecule has 0 bridgehead atoms. The molecular formula is C12H17N3O. The van der Waals surface area contributed by atoms with Crippen molar-refractivity contribution >= 4 is 5.82 Å². The molecule has 0 unspecified atom stereocenters. The fourth-order valence-corrected chi connectivity index (χ4v) is 1.08. The van der Waals surface area contributed by atoms with Crippen molar-refractivity contribution in [3.63, 3.8) is 0 Å². The minimum atomic E-state index is -0.124. The van der Waals surface area contributed by atoms with E-state index in [1.54, 1.807) is 13.1 Å². The molecule has 0 aromatic carbocycles. The molecule has 0 aliphatic carbocycles. The third-order valence-electron chi connectivity index (χ3n) is 1.93. The maximum atomic E-state index is 5.31. The summed E-state index contributed by atoms with van der Waals surface area (Å²) in [7, 11) is 1.81.